The Kier molecular flexibility index (Phi) is 6.58. The van der Waals surface area contributed by atoms with Crippen molar-refractivity contribution in [1.82, 2.24) is 19.6 Å². The molecule has 0 saturated heterocycles. The molecule has 164 valence electrons. The van der Waals surface area contributed by atoms with Crippen LogP contribution in [0.15, 0.2) is 60.8 Å². The number of anilines is 2. The molecule has 0 bridgehead atoms. The van der Waals surface area contributed by atoms with E-state index in [-0.39, 0.29) is 0 Å². The summed E-state index contributed by atoms with van der Waals surface area (Å²) in [6.45, 7) is 7.45. The number of aryl methyl sites for hydroxylation is 2. The Labute approximate surface area is 198 Å². The molecule has 0 fully saturated rings. The van der Waals surface area contributed by atoms with Gasteiger partial charge in [0, 0.05) is 17.3 Å². The normalized spacial score (nSPS) is 10.9. The lowest BCUT2D eigenvalue weighted by molar-refractivity contribution is 0.659. The van der Waals surface area contributed by atoms with Crippen LogP contribution in [0.1, 0.15) is 28.1 Å². The summed E-state index contributed by atoms with van der Waals surface area (Å²) in [6, 6.07) is 18.1. The van der Waals surface area contributed by atoms with Crippen LogP contribution in [0, 0.1) is 20.8 Å². The second kappa shape index (κ2) is 9.54. The van der Waals surface area contributed by atoms with Crippen LogP contribution >= 0.6 is 23.8 Å². The zero-order chi connectivity index (χ0) is 22.7. The third kappa shape index (κ3) is 5.36. The van der Waals surface area contributed by atoms with E-state index in [1.807, 2.05) is 59.7 Å². The fraction of sp³-hybridized carbons (Fsp3) is 0.208. The molecule has 0 spiro atoms. The minimum absolute atomic E-state index is 0.471. The number of nitrogens with one attached hydrogen (secondary N) is 2. The van der Waals surface area contributed by atoms with E-state index in [0.717, 1.165) is 22.6 Å². The Morgan fingerprint density at radius 3 is 2.47 bits per heavy atom. The quantitative estimate of drug-likeness (QED) is 0.365. The first-order chi connectivity index (χ1) is 15.4. The van der Waals surface area contributed by atoms with E-state index in [2.05, 4.69) is 52.0 Å². The first kappa shape index (κ1) is 22.0. The minimum Gasteiger partial charge on any atom is -0.329 e. The van der Waals surface area contributed by atoms with Gasteiger partial charge in [0.25, 0.3) is 0 Å². The van der Waals surface area contributed by atoms with Gasteiger partial charge in [0.2, 0.25) is 0 Å². The largest absolute Gasteiger partial charge is 0.329 e. The van der Waals surface area contributed by atoms with Gasteiger partial charge >= 0.3 is 0 Å². The van der Waals surface area contributed by atoms with E-state index in [4.69, 9.17) is 23.8 Å². The average Bonchev–Trinajstić information content (AvgIpc) is 3.28. The highest BCUT2D eigenvalue weighted by atomic mass is 35.5. The lowest BCUT2D eigenvalue weighted by Gasteiger charge is -2.10. The Morgan fingerprint density at radius 2 is 1.72 bits per heavy atom. The highest BCUT2D eigenvalue weighted by Gasteiger charge is 2.14. The van der Waals surface area contributed by atoms with Crippen LogP contribution in [-0.2, 0) is 13.1 Å². The fourth-order valence-corrected chi connectivity index (χ4v) is 3.92. The Balaban J connectivity index is 1.39. The van der Waals surface area contributed by atoms with Crippen molar-refractivity contribution in [2.45, 2.75) is 33.9 Å². The summed E-state index contributed by atoms with van der Waals surface area (Å²) in [4.78, 5) is 0. The highest BCUT2D eigenvalue weighted by Crippen LogP contribution is 2.21. The summed E-state index contributed by atoms with van der Waals surface area (Å²) >= 11 is 11.6. The number of aromatic nitrogens is 4. The van der Waals surface area contributed by atoms with Crippen molar-refractivity contribution in [3.8, 4) is 0 Å². The SMILES string of the molecule is Cc1ccc(Cn2nc(C)c(NC(=S)Nc3ccn(Cc4cccc(Cl)c4)n3)c2C)cc1. The summed E-state index contributed by atoms with van der Waals surface area (Å²) in [6.07, 6.45) is 1.90. The zero-order valence-corrected chi connectivity index (χ0v) is 19.8. The molecule has 0 aliphatic heterocycles. The fourth-order valence-electron chi connectivity index (χ4n) is 3.50. The van der Waals surface area contributed by atoms with Gasteiger partial charge in [-0.15, -0.1) is 0 Å². The van der Waals surface area contributed by atoms with Crippen molar-refractivity contribution in [3.63, 3.8) is 0 Å². The molecule has 0 aliphatic carbocycles. The molecule has 4 aromatic rings. The van der Waals surface area contributed by atoms with Crippen LogP contribution in [0.5, 0.6) is 0 Å². The van der Waals surface area contributed by atoms with Crippen molar-refractivity contribution in [1.29, 1.82) is 0 Å². The maximum atomic E-state index is 6.07. The predicted molar refractivity (Wildman–Crippen MR) is 135 cm³/mol. The van der Waals surface area contributed by atoms with Gasteiger partial charge in [-0.25, -0.2) is 0 Å². The maximum Gasteiger partial charge on any atom is 0.176 e. The van der Waals surface area contributed by atoms with E-state index >= 15 is 0 Å². The number of hydrogen-bond donors (Lipinski definition) is 2. The number of thiocarbonyl (C=S) groups is 1. The van der Waals surface area contributed by atoms with Crippen LogP contribution in [0.2, 0.25) is 5.02 Å². The summed E-state index contributed by atoms with van der Waals surface area (Å²) < 4.78 is 3.83. The molecule has 8 heteroatoms. The van der Waals surface area contributed by atoms with Crippen molar-refractivity contribution >= 4 is 40.4 Å². The Bertz CT molecular complexity index is 1240. The van der Waals surface area contributed by atoms with E-state index < -0.39 is 0 Å². The van der Waals surface area contributed by atoms with Crippen molar-refractivity contribution in [3.05, 3.63) is 93.9 Å². The second-order valence-electron chi connectivity index (χ2n) is 7.80. The van der Waals surface area contributed by atoms with Crippen LogP contribution < -0.4 is 10.6 Å². The Hall–Kier alpha value is -3.16. The summed E-state index contributed by atoms with van der Waals surface area (Å²) in [5.74, 6) is 0.673. The standard InChI is InChI=1S/C24H25ClN6S/c1-16-7-9-19(10-8-16)15-31-18(3)23(17(2)28-31)27-24(32)26-22-11-12-30(29-22)14-20-5-4-6-21(25)13-20/h4-13H,14-15H2,1-3H3,(H2,26,27,29,32). The number of benzene rings is 2. The maximum absolute atomic E-state index is 6.07. The molecule has 0 unspecified atom stereocenters. The highest BCUT2D eigenvalue weighted by molar-refractivity contribution is 7.80. The van der Waals surface area contributed by atoms with Gasteiger partial charge in [0.15, 0.2) is 10.9 Å². The average molecular weight is 465 g/mol. The van der Waals surface area contributed by atoms with Crippen molar-refractivity contribution < 1.29 is 0 Å². The molecule has 0 aliphatic rings. The molecule has 2 heterocycles. The van der Waals surface area contributed by atoms with Gasteiger partial charge < -0.3 is 10.6 Å². The summed E-state index contributed by atoms with van der Waals surface area (Å²) in [5.41, 5.74) is 6.37. The van der Waals surface area contributed by atoms with E-state index in [1.54, 1.807) is 0 Å². The summed E-state index contributed by atoms with van der Waals surface area (Å²) in [7, 11) is 0. The van der Waals surface area contributed by atoms with Crippen molar-refractivity contribution in [2.75, 3.05) is 10.6 Å². The smallest absolute Gasteiger partial charge is 0.176 e. The topological polar surface area (TPSA) is 59.7 Å². The van der Waals surface area contributed by atoms with Crippen LogP contribution in [-0.4, -0.2) is 24.7 Å². The third-order valence-corrected chi connectivity index (χ3v) is 5.63. The Morgan fingerprint density at radius 1 is 0.938 bits per heavy atom. The van der Waals surface area contributed by atoms with Gasteiger partial charge in [-0.1, -0.05) is 53.6 Å². The van der Waals surface area contributed by atoms with Gasteiger partial charge in [-0.2, -0.15) is 10.2 Å². The predicted octanol–water partition coefficient (Wildman–Crippen LogP) is 5.56. The van der Waals surface area contributed by atoms with E-state index in [1.165, 1.54) is 11.1 Å². The number of nitrogens with zero attached hydrogens (tertiary/aromatic N) is 4. The van der Waals surface area contributed by atoms with Gasteiger partial charge in [0.05, 0.1) is 30.2 Å². The molecular weight excluding hydrogens is 440 g/mol. The lowest BCUT2D eigenvalue weighted by atomic mass is 10.1. The molecule has 2 aromatic heterocycles. The molecule has 2 N–H and O–H groups in total. The lowest BCUT2D eigenvalue weighted by Crippen LogP contribution is -2.20. The molecule has 0 atom stereocenters. The molecule has 6 nitrogen and oxygen atoms in total. The first-order valence-electron chi connectivity index (χ1n) is 10.3. The molecular formula is C24H25ClN6S. The molecule has 4 rings (SSSR count). The number of rotatable bonds is 6. The number of halogens is 1. The van der Waals surface area contributed by atoms with Crippen LogP contribution in [0.3, 0.4) is 0 Å². The monoisotopic (exact) mass is 464 g/mol. The molecule has 32 heavy (non-hydrogen) atoms. The first-order valence-corrected chi connectivity index (χ1v) is 11.1. The summed E-state index contributed by atoms with van der Waals surface area (Å²) in [5, 5.41) is 16.8. The third-order valence-electron chi connectivity index (χ3n) is 5.19. The minimum atomic E-state index is 0.471. The number of hydrogen-bond acceptors (Lipinski definition) is 3. The van der Waals surface area contributed by atoms with Crippen LogP contribution in [0.4, 0.5) is 11.5 Å². The molecule has 0 radical (unpaired) electrons. The zero-order valence-electron chi connectivity index (χ0n) is 18.3. The van der Waals surface area contributed by atoms with Crippen molar-refractivity contribution in [2.24, 2.45) is 0 Å². The van der Waals surface area contributed by atoms with E-state index in [9.17, 15) is 0 Å². The van der Waals surface area contributed by atoms with Crippen LogP contribution in [0.25, 0.3) is 0 Å². The molecule has 0 amide bonds. The molecule has 2 aromatic carbocycles. The van der Waals surface area contributed by atoms with Gasteiger partial charge in [-0.3, -0.25) is 9.36 Å². The van der Waals surface area contributed by atoms with Gasteiger partial charge in [-0.05, 0) is 56.2 Å². The second-order valence-corrected chi connectivity index (χ2v) is 8.64. The van der Waals surface area contributed by atoms with Gasteiger partial charge in [0.1, 0.15) is 0 Å². The molecule has 0 saturated carbocycles. The van der Waals surface area contributed by atoms with E-state index in [0.29, 0.717) is 29.0 Å².